The molecule has 1 saturated heterocycles. The van der Waals surface area contributed by atoms with E-state index in [9.17, 15) is 19.1 Å². The molecule has 4 N–H and O–H groups in total. The van der Waals surface area contributed by atoms with Crippen LogP contribution in [-0.4, -0.2) is 55.6 Å². The van der Waals surface area contributed by atoms with Gasteiger partial charge in [-0.3, -0.25) is 19.2 Å². The summed E-state index contributed by atoms with van der Waals surface area (Å²) < 4.78 is 16.5. The number of aromatic amines is 1. The summed E-state index contributed by atoms with van der Waals surface area (Å²) in [5.74, 6) is -0.562. The molecule has 1 aliphatic rings. The Balaban J connectivity index is 1.34. The molecular weight excluding hydrogens is 513 g/mol. The normalized spacial score (nSPS) is 13.6. The lowest BCUT2D eigenvalue weighted by molar-refractivity contribution is 0.102. The number of H-pyrrole nitrogens is 1. The van der Waals surface area contributed by atoms with E-state index in [2.05, 4.69) is 30.8 Å². The number of carbonyl (C=O) groups excluding carboxylic acids is 1. The Hall–Kier alpha value is -4.35. The maximum absolute atomic E-state index is 14.7. The fourth-order valence-corrected chi connectivity index (χ4v) is 4.41. The number of aromatic nitrogens is 4. The molecule has 0 atom stereocenters. The van der Waals surface area contributed by atoms with Gasteiger partial charge in [0.05, 0.1) is 23.7 Å². The number of carbonyl (C=O) groups is 1. The highest BCUT2D eigenvalue weighted by Crippen LogP contribution is 2.27. The first-order chi connectivity index (χ1) is 19.1. The first-order valence-electron chi connectivity index (χ1n) is 13.1. The number of rotatable bonds is 9. The second kappa shape index (κ2) is 11.0. The lowest BCUT2D eigenvalue weighted by atomic mass is 9.85. The molecule has 0 bridgehead atoms. The molecule has 1 fully saturated rings. The summed E-state index contributed by atoms with van der Waals surface area (Å²) in [4.78, 5) is 27.7. The van der Waals surface area contributed by atoms with Crippen LogP contribution in [0.4, 0.5) is 21.6 Å². The van der Waals surface area contributed by atoms with E-state index in [0.717, 1.165) is 30.9 Å². The van der Waals surface area contributed by atoms with Crippen molar-refractivity contribution in [1.82, 2.24) is 24.9 Å². The number of hydrogen-bond acceptors (Lipinski definition) is 7. The summed E-state index contributed by atoms with van der Waals surface area (Å²) in [6, 6.07) is 14.5. The summed E-state index contributed by atoms with van der Waals surface area (Å²) in [7, 11) is 1.86. The zero-order valence-corrected chi connectivity index (χ0v) is 22.7. The molecule has 40 heavy (non-hydrogen) atoms. The molecule has 0 aliphatic carbocycles. The number of aliphatic hydroxyl groups excluding tert-OH is 1. The number of likely N-dealkylation sites (tertiary alicyclic amines) is 1. The highest BCUT2D eigenvalue weighted by atomic mass is 19.1. The highest BCUT2D eigenvalue weighted by molar-refractivity contribution is 6.04. The van der Waals surface area contributed by atoms with E-state index in [1.807, 2.05) is 27.0 Å². The molecule has 3 heterocycles. The third-order valence-electron chi connectivity index (χ3n) is 7.21. The van der Waals surface area contributed by atoms with Gasteiger partial charge in [-0.2, -0.15) is 10.2 Å². The van der Waals surface area contributed by atoms with E-state index in [-0.39, 0.29) is 18.0 Å². The van der Waals surface area contributed by atoms with E-state index in [4.69, 9.17) is 0 Å². The molecule has 208 valence electrons. The maximum atomic E-state index is 14.7. The lowest BCUT2D eigenvalue weighted by Gasteiger charge is -2.30. The predicted molar refractivity (Wildman–Crippen MR) is 151 cm³/mol. The first kappa shape index (κ1) is 27.2. The standard InChI is InChI=1S/C29H32FN7O3/c1-29(2,17-38)20-8-5-18(6-9-20)27(39)32-24-13-19(7-10-22(24)30)23-15-25(28(40)34-33-23)31-26-14-21(36(3)35-26)16-37-11-4-12-37/h5-10,13-15,38H,4,11-12,16-17H2,1-3H3,(H,32,39)(H,34,40)(H,31,33,35). The zero-order valence-electron chi connectivity index (χ0n) is 22.7. The van der Waals surface area contributed by atoms with E-state index < -0.39 is 22.7 Å². The third-order valence-corrected chi connectivity index (χ3v) is 7.21. The molecular formula is C29H32FN7O3. The van der Waals surface area contributed by atoms with Crippen LogP contribution in [0.15, 0.2) is 59.4 Å². The van der Waals surface area contributed by atoms with Crippen molar-refractivity contribution in [2.75, 3.05) is 30.3 Å². The summed E-state index contributed by atoms with van der Waals surface area (Å²) in [6.45, 7) is 6.69. The summed E-state index contributed by atoms with van der Waals surface area (Å²) in [6.07, 6.45) is 1.20. The van der Waals surface area contributed by atoms with Crippen molar-refractivity contribution in [2.45, 2.75) is 32.2 Å². The molecule has 5 rings (SSSR count). The van der Waals surface area contributed by atoms with Crippen LogP contribution in [0.25, 0.3) is 11.3 Å². The van der Waals surface area contributed by atoms with Gasteiger partial charge in [0.15, 0.2) is 5.82 Å². The van der Waals surface area contributed by atoms with E-state index in [0.29, 0.717) is 22.6 Å². The summed E-state index contributed by atoms with van der Waals surface area (Å²) in [5, 5.41) is 26.3. The van der Waals surface area contributed by atoms with Crippen LogP contribution in [0.2, 0.25) is 0 Å². The lowest BCUT2D eigenvalue weighted by Crippen LogP contribution is -2.36. The number of aryl methyl sites for hydroxylation is 1. The van der Waals surface area contributed by atoms with Gasteiger partial charge in [0, 0.05) is 36.2 Å². The van der Waals surface area contributed by atoms with Crippen molar-refractivity contribution < 1.29 is 14.3 Å². The van der Waals surface area contributed by atoms with Gasteiger partial charge in [-0.1, -0.05) is 26.0 Å². The molecule has 4 aromatic rings. The summed E-state index contributed by atoms with van der Waals surface area (Å²) >= 11 is 0. The monoisotopic (exact) mass is 545 g/mol. The van der Waals surface area contributed by atoms with Gasteiger partial charge in [0.1, 0.15) is 11.5 Å². The minimum atomic E-state index is -0.610. The highest BCUT2D eigenvalue weighted by Gasteiger charge is 2.20. The number of nitrogens with one attached hydrogen (secondary N) is 3. The van der Waals surface area contributed by atoms with E-state index in [1.54, 1.807) is 35.0 Å². The van der Waals surface area contributed by atoms with Crippen molar-refractivity contribution in [3.8, 4) is 11.3 Å². The number of anilines is 3. The molecule has 0 saturated carbocycles. The van der Waals surface area contributed by atoms with Crippen molar-refractivity contribution >= 4 is 23.1 Å². The van der Waals surface area contributed by atoms with Gasteiger partial charge >= 0.3 is 0 Å². The van der Waals surface area contributed by atoms with Gasteiger partial charge in [-0.15, -0.1) is 0 Å². The molecule has 10 nitrogen and oxygen atoms in total. The Labute approximate surface area is 230 Å². The molecule has 0 radical (unpaired) electrons. The summed E-state index contributed by atoms with van der Waals surface area (Å²) in [5.41, 5.74) is 2.47. The number of halogens is 1. The van der Waals surface area contributed by atoms with Gasteiger partial charge < -0.3 is 15.7 Å². The Kier molecular flexibility index (Phi) is 7.51. The molecule has 2 aromatic heterocycles. The largest absolute Gasteiger partial charge is 0.395 e. The zero-order chi connectivity index (χ0) is 28.4. The second-order valence-electron chi connectivity index (χ2n) is 10.7. The average molecular weight is 546 g/mol. The first-order valence-corrected chi connectivity index (χ1v) is 13.1. The molecule has 0 unspecified atom stereocenters. The fraction of sp³-hybridized carbons (Fsp3) is 0.310. The van der Waals surface area contributed by atoms with Crippen molar-refractivity contribution in [2.24, 2.45) is 7.05 Å². The number of hydrogen-bond donors (Lipinski definition) is 4. The van der Waals surface area contributed by atoms with Crippen LogP contribution in [0.3, 0.4) is 0 Å². The van der Waals surface area contributed by atoms with Crippen LogP contribution < -0.4 is 16.2 Å². The van der Waals surface area contributed by atoms with Gasteiger partial charge in [-0.05, 0) is 61.5 Å². The van der Waals surface area contributed by atoms with Crippen LogP contribution >= 0.6 is 0 Å². The van der Waals surface area contributed by atoms with Crippen molar-refractivity contribution in [1.29, 1.82) is 0 Å². The average Bonchev–Trinajstić information content (AvgIpc) is 3.27. The third kappa shape index (κ3) is 5.80. The molecule has 2 aromatic carbocycles. The number of aliphatic hydroxyl groups is 1. The van der Waals surface area contributed by atoms with Gasteiger partial charge in [0.2, 0.25) is 0 Å². The molecule has 1 amide bonds. The Bertz CT molecular complexity index is 1590. The van der Waals surface area contributed by atoms with Gasteiger partial charge in [-0.25, -0.2) is 9.49 Å². The minimum absolute atomic E-state index is 0.0230. The van der Waals surface area contributed by atoms with Crippen LogP contribution in [-0.2, 0) is 19.0 Å². The van der Waals surface area contributed by atoms with Crippen LogP contribution in [0.1, 0.15) is 41.9 Å². The van der Waals surface area contributed by atoms with E-state index >= 15 is 0 Å². The van der Waals surface area contributed by atoms with Crippen molar-refractivity contribution in [3.63, 3.8) is 0 Å². The SMILES string of the molecule is Cn1nc(Nc2cc(-c3ccc(F)c(NC(=O)c4ccc(C(C)(C)CO)cc4)c3)n[nH]c2=O)cc1CN1CCC1. The second-order valence-corrected chi connectivity index (χ2v) is 10.7. The number of nitrogens with zero attached hydrogens (tertiary/aromatic N) is 4. The topological polar surface area (TPSA) is 128 Å². The Morgan fingerprint density at radius 1 is 1.10 bits per heavy atom. The minimum Gasteiger partial charge on any atom is -0.395 e. The number of amides is 1. The molecule has 11 heteroatoms. The Morgan fingerprint density at radius 3 is 2.52 bits per heavy atom. The molecule has 1 aliphatic heterocycles. The molecule has 0 spiro atoms. The van der Waals surface area contributed by atoms with Gasteiger partial charge in [0.25, 0.3) is 11.5 Å². The fourth-order valence-electron chi connectivity index (χ4n) is 4.41. The van der Waals surface area contributed by atoms with Crippen LogP contribution in [0, 0.1) is 5.82 Å². The van der Waals surface area contributed by atoms with Crippen LogP contribution in [0.5, 0.6) is 0 Å². The van der Waals surface area contributed by atoms with E-state index in [1.165, 1.54) is 24.6 Å². The van der Waals surface area contributed by atoms with Crippen molar-refractivity contribution in [3.05, 3.63) is 87.6 Å². The smallest absolute Gasteiger partial charge is 0.287 e. The number of benzene rings is 2. The quantitative estimate of drug-likeness (QED) is 0.252. The predicted octanol–water partition coefficient (Wildman–Crippen LogP) is 3.78. The maximum Gasteiger partial charge on any atom is 0.287 e. The Morgan fingerprint density at radius 2 is 1.85 bits per heavy atom.